The van der Waals surface area contributed by atoms with E-state index in [0.717, 1.165) is 24.9 Å². The van der Waals surface area contributed by atoms with Crippen LogP contribution in [0.3, 0.4) is 0 Å². The smallest absolute Gasteiger partial charge is 0.237 e. The summed E-state index contributed by atoms with van der Waals surface area (Å²) < 4.78 is 0. The first kappa shape index (κ1) is 20.3. The number of hydrogen-bond acceptors (Lipinski definition) is 4. The zero-order chi connectivity index (χ0) is 18.9. The maximum absolute atomic E-state index is 12.7. The van der Waals surface area contributed by atoms with Crippen molar-refractivity contribution >= 4 is 35.2 Å². The van der Waals surface area contributed by atoms with E-state index in [1.165, 1.54) is 11.8 Å². The number of nitrogens with zero attached hydrogens (tertiary/aromatic N) is 1. The van der Waals surface area contributed by atoms with Crippen molar-refractivity contribution in [3.05, 3.63) is 30.3 Å². The molecule has 0 radical (unpaired) electrons. The molecule has 1 aliphatic heterocycles. The highest BCUT2D eigenvalue weighted by Gasteiger charge is 2.39. The second kappa shape index (κ2) is 10.2. The lowest BCUT2D eigenvalue weighted by Crippen LogP contribution is -2.59. The van der Waals surface area contributed by atoms with Crippen molar-refractivity contribution in [2.45, 2.75) is 45.0 Å². The Hall–Kier alpha value is -2.02. The molecule has 142 valence electrons. The van der Waals surface area contributed by atoms with E-state index >= 15 is 0 Å². The number of unbranched alkanes of at least 4 members (excludes halogenated alkanes) is 2. The number of thioether (sulfide) groups is 1. The number of rotatable bonds is 9. The van der Waals surface area contributed by atoms with Crippen LogP contribution in [0, 0.1) is 5.92 Å². The van der Waals surface area contributed by atoms with Gasteiger partial charge in [0.1, 0.15) is 5.92 Å². The van der Waals surface area contributed by atoms with Gasteiger partial charge in [-0.05, 0) is 25.5 Å². The topological polar surface area (TPSA) is 78.5 Å². The van der Waals surface area contributed by atoms with Gasteiger partial charge in [-0.25, -0.2) is 0 Å². The zero-order valence-corrected chi connectivity index (χ0v) is 16.2. The van der Waals surface area contributed by atoms with Gasteiger partial charge in [0.2, 0.25) is 17.7 Å². The van der Waals surface area contributed by atoms with Crippen molar-refractivity contribution in [1.82, 2.24) is 10.2 Å². The molecular formula is C19H27N3O3S. The summed E-state index contributed by atoms with van der Waals surface area (Å²) in [6.45, 7) is 4.48. The summed E-state index contributed by atoms with van der Waals surface area (Å²) in [7, 11) is 0. The largest absolute Gasteiger partial charge is 0.326 e. The first-order valence-electron chi connectivity index (χ1n) is 9.14. The van der Waals surface area contributed by atoms with Gasteiger partial charge in [0.25, 0.3) is 0 Å². The molecule has 1 aromatic carbocycles. The molecule has 1 aromatic rings. The van der Waals surface area contributed by atoms with E-state index in [1.54, 1.807) is 4.90 Å². The molecule has 26 heavy (non-hydrogen) atoms. The van der Waals surface area contributed by atoms with Crippen molar-refractivity contribution in [3.63, 3.8) is 0 Å². The molecule has 1 fully saturated rings. The Balaban J connectivity index is 1.89. The Bertz CT molecular complexity index is 624. The molecule has 2 atom stereocenters. The SMILES string of the molecule is CCCCCC1C(=O)NC(SCC(=O)Nc2ccccc2)N(CC)C1=O. The van der Waals surface area contributed by atoms with Crippen LogP contribution in [0.5, 0.6) is 0 Å². The predicted octanol–water partition coefficient (Wildman–Crippen LogP) is 2.82. The summed E-state index contributed by atoms with van der Waals surface area (Å²) in [5.41, 5.74) is 0.231. The van der Waals surface area contributed by atoms with Crippen LogP contribution in [-0.2, 0) is 14.4 Å². The Morgan fingerprint density at radius 3 is 2.58 bits per heavy atom. The third-order valence-corrected chi connectivity index (χ3v) is 5.43. The van der Waals surface area contributed by atoms with Gasteiger partial charge in [0.15, 0.2) is 5.50 Å². The summed E-state index contributed by atoms with van der Waals surface area (Å²) in [6, 6.07) is 9.20. The molecule has 6 nitrogen and oxygen atoms in total. The predicted molar refractivity (Wildman–Crippen MR) is 104 cm³/mol. The molecule has 0 aromatic heterocycles. The van der Waals surface area contributed by atoms with Crippen LogP contribution in [-0.4, -0.2) is 40.4 Å². The van der Waals surface area contributed by atoms with Crippen LogP contribution >= 0.6 is 11.8 Å². The lowest BCUT2D eigenvalue weighted by Gasteiger charge is -2.38. The second-order valence-corrected chi connectivity index (χ2v) is 7.33. The molecule has 2 unspecified atom stereocenters. The minimum atomic E-state index is -0.600. The molecule has 2 rings (SSSR count). The normalized spacial score (nSPS) is 20.0. The van der Waals surface area contributed by atoms with Gasteiger partial charge in [0, 0.05) is 12.2 Å². The van der Waals surface area contributed by atoms with E-state index in [1.807, 2.05) is 37.3 Å². The summed E-state index contributed by atoms with van der Waals surface area (Å²) >= 11 is 1.26. The molecule has 0 bridgehead atoms. The molecule has 7 heteroatoms. The highest BCUT2D eigenvalue weighted by Crippen LogP contribution is 2.24. The van der Waals surface area contributed by atoms with E-state index in [2.05, 4.69) is 17.6 Å². The number of anilines is 1. The Labute approximate surface area is 159 Å². The molecule has 0 aliphatic carbocycles. The van der Waals surface area contributed by atoms with Gasteiger partial charge in [0.05, 0.1) is 5.75 Å². The molecule has 1 aliphatic rings. The van der Waals surface area contributed by atoms with Crippen LogP contribution in [0.4, 0.5) is 5.69 Å². The molecular weight excluding hydrogens is 350 g/mol. The van der Waals surface area contributed by atoms with E-state index < -0.39 is 11.4 Å². The standard InChI is InChI=1S/C19H27N3O3S/c1-3-5-7-12-15-17(24)21-19(22(4-2)18(15)25)26-13-16(23)20-14-10-8-6-9-11-14/h6,8-11,15,19H,3-5,7,12-13H2,1-2H3,(H,20,23)(H,21,24). The van der Waals surface area contributed by atoms with E-state index in [-0.39, 0.29) is 23.5 Å². The molecule has 2 N–H and O–H groups in total. The Kier molecular flexibility index (Phi) is 7.97. The monoisotopic (exact) mass is 377 g/mol. The molecule has 0 spiro atoms. The molecule has 1 saturated heterocycles. The summed E-state index contributed by atoms with van der Waals surface area (Å²) in [5, 5.41) is 5.70. The van der Waals surface area contributed by atoms with Crippen molar-refractivity contribution in [3.8, 4) is 0 Å². The van der Waals surface area contributed by atoms with Crippen molar-refractivity contribution < 1.29 is 14.4 Å². The van der Waals surface area contributed by atoms with E-state index in [0.29, 0.717) is 13.0 Å². The van der Waals surface area contributed by atoms with Gasteiger partial charge in [-0.15, -0.1) is 11.8 Å². The number of carbonyl (C=O) groups excluding carboxylic acids is 3. The van der Waals surface area contributed by atoms with Gasteiger partial charge < -0.3 is 15.5 Å². The van der Waals surface area contributed by atoms with Gasteiger partial charge in [-0.1, -0.05) is 44.4 Å². The third kappa shape index (κ3) is 5.49. The number of benzene rings is 1. The Morgan fingerprint density at radius 2 is 1.92 bits per heavy atom. The summed E-state index contributed by atoms with van der Waals surface area (Å²) in [6.07, 6.45) is 3.52. The third-order valence-electron chi connectivity index (χ3n) is 4.31. The quantitative estimate of drug-likeness (QED) is 0.512. The van der Waals surface area contributed by atoms with Gasteiger partial charge >= 0.3 is 0 Å². The number of carbonyl (C=O) groups is 3. The zero-order valence-electron chi connectivity index (χ0n) is 15.4. The fourth-order valence-electron chi connectivity index (χ4n) is 2.91. The highest BCUT2D eigenvalue weighted by atomic mass is 32.2. The maximum atomic E-state index is 12.7. The van der Waals surface area contributed by atoms with Crippen LogP contribution in [0.25, 0.3) is 0 Å². The lowest BCUT2D eigenvalue weighted by atomic mass is 9.97. The first-order valence-corrected chi connectivity index (χ1v) is 10.2. The first-order chi connectivity index (χ1) is 12.6. The average Bonchev–Trinajstić information content (AvgIpc) is 2.63. The molecule has 1 heterocycles. The van der Waals surface area contributed by atoms with E-state index in [9.17, 15) is 14.4 Å². The molecule has 3 amide bonds. The number of hydrogen-bond donors (Lipinski definition) is 2. The van der Waals surface area contributed by atoms with Crippen molar-refractivity contribution in [2.75, 3.05) is 17.6 Å². The van der Waals surface area contributed by atoms with Crippen LogP contribution in [0.1, 0.15) is 39.5 Å². The van der Waals surface area contributed by atoms with Crippen LogP contribution in [0.2, 0.25) is 0 Å². The fourth-order valence-corrected chi connectivity index (χ4v) is 3.92. The summed E-state index contributed by atoms with van der Waals surface area (Å²) in [4.78, 5) is 38.7. The van der Waals surface area contributed by atoms with Crippen LogP contribution < -0.4 is 10.6 Å². The second-order valence-electron chi connectivity index (χ2n) is 6.26. The number of nitrogens with one attached hydrogen (secondary N) is 2. The number of amides is 3. The fraction of sp³-hybridized carbons (Fsp3) is 0.526. The Morgan fingerprint density at radius 1 is 1.19 bits per heavy atom. The van der Waals surface area contributed by atoms with Crippen LogP contribution in [0.15, 0.2) is 30.3 Å². The molecule has 0 saturated carbocycles. The minimum absolute atomic E-state index is 0.131. The number of para-hydroxylation sites is 1. The minimum Gasteiger partial charge on any atom is -0.326 e. The lowest BCUT2D eigenvalue weighted by molar-refractivity contribution is -0.149. The van der Waals surface area contributed by atoms with Crippen molar-refractivity contribution in [1.29, 1.82) is 0 Å². The van der Waals surface area contributed by atoms with Gasteiger partial charge in [-0.2, -0.15) is 0 Å². The van der Waals surface area contributed by atoms with E-state index in [4.69, 9.17) is 0 Å². The summed E-state index contributed by atoms with van der Waals surface area (Å²) in [5.74, 6) is -0.963. The van der Waals surface area contributed by atoms with Gasteiger partial charge in [-0.3, -0.25) is 14.4 Å². The average molecular weight is 378 g/mol. The highest BCUT2D eigenvalue weighted by molar-refractivity contribution is 8.00. The maximum Gasteiger partial charge on any atom is 0.237 e. The van der Waals surface area contributed by atoms with Crippen molar-refractivity contribution in [2.24, 2.45) is 5.92 Å².